The number of ether oxygens (including phenoxy) is 2. The highest BCUT2D eigenvalue weighted by molar-refractivity contribution is 5.86. The van der Waals surface area contributed by atoms with Crippen LogP contribution in [0.25, 0.3) is 11.0 Å². The highest BCUT2D eigenvalue weighted by atomic mass is 16.5. The highest BCUT2D eigenvalue weighted by Crippen LogP contribution is 2.22. The van der Waals surface area contributed by atoms with Gasteiger partial charge in [-0.15, -0.1) is 0 Å². The first-order valence-corrected chi connectivity index (χ1v) is 8.85. The lowest BCUT2D eigenvalue weighted by molar-refractivity contribution is -0.139. The van der Waals surface area contributed by atoms with Crippen LogP contribution in [0.1, 0.15) is 11.1 Å². The fraction of sp³-hybridized carbons (Fsp3) is 0.143. The Hall–Kier alpha value is -4.14. The number of hydrogen-bond acceptors (Lipinski definition) is 7. The molecule has 3 rings (SSSR count). The van der Waals surface area contributed by atoms with E-state index >= 15 is 0 Å². The number of aliphatic carboxylic acids is 1. The zero-order valence-electron chi connectivity index (χ0n) is 16.0. The minimum atomic E-state index is -1.10. The van der Waals surface area contributed by atoms with Crippen LogP contribution >= 0.6 is 0 Å². The summed E-state index contributed by atoms with van der Waals surface area (Å²) < 4.78 is 15.7. The molecule has 9 heteroatoms. The molecule has 1 heterocycles. The molecular formula is C21H18N2O7. The van der Waals surface area contributed by atoms with Crippen molar-refractivity contribution in [3.05, 3.63) is 70.1 Å². The molecule has 2 N–H and O–H groups in total. The largest absolute Gasteiger partial charge is 0.484 e. The summed E-state index contributed by atoms with van der Waals surface area (Å²) in [7, 11) is 0. The van der Waals surface area contributed by atoms with Gasteiger partial charge in [-0.25, -0.2) is 15.0 Å². The van der Waals surface area contributed by atoms with Gasteiger partial charge >= 0.3 is 11.6 Å². The lowest BCUT2D eigenvalue weighted by Gasteiger charge is -2.07. The molecule has 0 aliphatic heterocycles. The fourth-order valence-electron chi connectivity index (χ4n) is 2.61. The lowest BCUT2D eigenvalue weighted by Crippen LogP contribution is -2.24. The molecule has 2 aromatic carbocycles. The Morgan fingerprint density at radius 1 is 1.13 bits per heavy atom. The van der Waals surface area contributed by atoms with Crippen molar-refractivity contribution in [3.63, 3.8) is 0 Å². The van der Waals surface area contributed by atoms with Crippen molar-refractivity contribution in [3.8, 4) is 11.5 Å². The Balaban J connectivity index is 1.57. The van der Waals surface area contributed by atoms with Gasteiger partial charge in [0, 0.05) is 23.1 Å². The zero-order chi connectivity index (χ0) is 21.5. The summed E-state index contributed by atoms with van der Waals surface area (Å²) in [6.45, 7) is 1.00. The molecule has 0 aliphatic rings. The molecule has 0 atom stereocenters. The van der Waals surface area contributed by atoms with Gasteiger partial charge in [-0.2, -0.15) is 5.10 Å². The Kier molecular flexibility index (Phi) is 6.43. The van der Waals surface area contributed by atoms with E-state index in [-0.39, 0.29) is 6.61 Å². The van der Waals surface area contributed by atoms with E-state index < -0.39 is 24.1 Å². The molecule has 0 aliphatic carbocycles. The van der Waals surface area contributed by atoms with E-state index in [1.807, 2.05) is 0 Å². The van der Waals surface area contributed by atoms with Gasteiger partial charge in [0.2, 0.25) is 0 Å². The van der Waals surface area contributed by atoms with Crippen LogP contribution in [0.2, 0.25) is 0 Å². The number of nitrogens with one attached hydrogen (secondary N) is 1. The van der Waals surface area contributed by atoms with E-state index in [1.165, 1.54) is 18.3 Å². The Labute approximate surface area is 170 Å². The number of benzene rings is 2. The van der Waals surface area contributed by atoms with Crippen LogP contribution in [0.3, 0.4) is 0 Å². The van der Waals surface area contributed by atoms with Crippen molar-refractivity contribution in [2.75, 3.05) is 13.2 Å². The molecule has 0 spiro atoms. The van der Waals surface area contributed by atoms with Crippen molar-refractivity contribution < 1.29 is 28.6 Å². The standard InChI is InChI=1S/C21H18N2O7/c1-13-8-21(27)30-18-9-15(6-7-16(13)18)28-11-19(24)23-22-10-14-4-2-3-5-17(14)29-12-20(25)26/h2-10H,11-12H2,1H3,(H,23,24)(H,25,26)/b22-10-. The maximum atomic E-state index is 11.9. The van der Waals surface area contributed by atoms with Crippen LogP contribution < -0.4 is 20.5 Å². The van der Waals surface area contributed by atoms with E-state index in [0.29, 0.717) is 22.6 Å². The van der Waals surface area contributed by atoms with E-state index in [9.17, 15) is 14.4 Å². The SMILES string of the molecule is Cc1cc(=O)oc2cc(OCC(=O)N/N=C\c3ccccc3OCC(=O)O)ccc12. The van der Waals surface area contributed by atoms with Gasteiger partial charge in [-0.05, 0) is 36.8 Å². The summed E-state index contributed by atoms with van der Waals surface area (Å²) in [6.07, 6.45) is 1.34. The molecule has 0 unspecified atom stereocenters. The predicted molar refractivity (Wildman–Crippen MR) is 108 cm³/mol. The minimum Gasteiger partial charge on any atom is -0.484 e. The van der Waals surface area contributed by atoms with Gasteiger partial charge in [0.1, 0.15) is 17.1 Å². The molecule has 0 saturated carbocycles. The molecule has 154 valence electrons. The van der Waals surface area contributed by atoms with E-state index in [2.05, 4.69) is 10.5 Å². The van der Waals surface area contributed by atoms with Gasteiger partial charge in [0.25, 0.3) is 5.91 Å². The maximum absolute atomic E-state index is 11.9. The minimum absolute atomic E-state index is 0.309. The van der Waals surface area contributed by atoms with Crippen molar-refractivity contribution in [2.24, 2.45) is 5.10 Å². The van der Waals surface area contributed by atoms with Crippen molar-refractivity contribution in [1.29, 1.82) is 0 Å². The number of carbonyl (C=O) groups is 2. The van der Waals surface area contributed by atoms with E-state index in [0.717, 1.165) is 10.9 Å². The van der Waals surface area contributed by atoms with E-state index in [1.54, 1.807) is 43.3 Å². The maximum Gasteiger partial charge on any atom is 0.341 e. The number of carboxylic acid groups (broad SMARTS) is 1. The summed E-state index contributed by atoms with van der Waals surface area (Å²) in [6, 6.07) is 13.0. The summed E-state index contributed by atoms with van der Waals surface area (Å²) in [5, 5.41) is 13.3. The number of rotatable bonds is 8. The zero-order valence-corrected chi connectivity index (χ0v) is 16.0. The van der Waals surface area contributed by atoms with Crippen LogP contribution in [0, 0.1) is 6.92 Å². The average molecular weight is 410 g/mol. The quantitative estimate of drug-likeness (QED) is 0.331. The molecular weight excluding hydrogens is 392 g/mol. The molecule has 1 amide bonds. The first-order valence-electron chi connectivity index (χ1n) is 8.85. The molecule has 0 bridgehead atoms. The van der Waals surface area contributed by atoms with Crippen LogP contribution in [0.15, 0.2) is 62.8 Å². The summed E-state index contributed by atoms with van der Waals surface area (Å²) in [5.41, 5.74) is 3.50. The highest BCUT2D eigenvalue weighted by Gasteiger charge is 2.07. The Bertz CT molecular complexity index is 1170. The number of hydrazone groups is 1. The van der Waals surface area contributed by atoms with Crippen molar-refractivity contribution in [2.45, 2.75) is 6.92 Å². The second kappa shape index (κ2) is 9.37. The van der Waals surface area contributed by atoms with Crippen LogP contribution in [-0.2, 0) is 9.59 Å². The summed E-state index contributed by atoms with van der Waals surface area (Å²) in [5.74, 6) is -0.929. The number of hydrogen-bond donors (Lipinski definition) is 2. The first-order chi connectivity index (χ1) is 14.4. The number of carbonyl (C=O) groups excluding carboxylic acids is 1. The molecule has 0 fully saturated rings. The summed E-state index contributed by atoms with van der Waals surface area (Å²) >= 11 is 0. The molecule has 30 heavy (non-hydrogen) atoms. The summed E-state index contributed by atoms with van der Waals surface area (Å²) in [4.78, 5) is 34.1. The number of para-hydroxylation sites is 1. The third-order valence-electron chi connectivity index (χ3n) is 3.96. The number of carboxylic acids is 1. The second-order valence-electron chi connectivity index (χ2n) is 6.21. The van der Waals surface area contributed by atoms with Crippen molar-refractivity contribution in [1.82, 2.24) is 5.43 Å². The Morgan fingerprint density at radius 3 is 2.73 bits per heavy atom. The molecule has 9 nitrogen and oxygen atoms in total. The Morgan fingerprint density at radius 2 is 1.93 bits per heavy atom. The smallest absolute Gasteiger partial charge is 0.341 e. The second-order valence-corrected chi connectivity index (χ2v) is 6.21. The van der Waals surface area contributed by atoms with Gasteiger partial charge in [-0.1, -0.05) is 12.1 Å². The molecule has 0 saturated heterocycles. The molecule has 3 aromatic rings. The van der Waals surface area contributed by atoms with Gasteiger partial charge < -0.3 is 19.0 Å². The lowest BCUT2D eigenvalue weighted by atomic mass is 10.1. The van der Waals surface area contributed by atoms with Gasteiger partial charge in [0.15, 0.2) is 13.2 Å². The third-order valence-corrected chi connectivity index (χ3v) is 3.96. The molecule has 0 radical (unpaired) electrons. The third kappa shape index (κ3) is 5.44. The average Bonchev–Trinajstić information content (AvgIpc) is 2.71. The van der Waals surface area contributed by atoms with Crippen LogP contribution in [-0.4, -0.2) is 36.4 Å². The number of nitrogens with zero attached hydrogens (tertiary/aromatic N) is 1. The first kappa shape index (κ1) is 20.6. The topological polar surface area (TPSA) is 127 Å². The van der Waals surface area contributed by atoms with Gasteiger partial charge in [0.05, 0.1) is 6.21 Å². The predicted octanol–water partition coefficient (Wildman–Crippen LogP) is 2.09. The number of amides is 1. The number of fused-ring (bicyclic) bond motifs is 1. The van der Waals surface area contributed by atoms with Crippen LogP contribution in [0.5, 0.6) is 11.5 Å². The van der Waals surface area contributed by atoms with Crippen molar-refractivity contribution >= 4 is 29.1 Å². The van der Waals surface area contributed by atoms with Crippen LogP contribution in [0.4, 0.5) is 0 Å². The van der Waals surface area contributed by atoms with E-state index in [4.69, 9.17) is 19.0 Å². The number of aryl methyl sites for hydroxylation is 1. The molecule has 1 aromatic heterocycles. The fourth-order valence-corrected chi connectivity index (χ4v) is 2.61. The van der Waals surface area contributed by atoms with Gasteiger partial charge in [-0.3, -0.25) is 4.79 Å². The normalized spacial score (nSPS) is 10.8. The monoisotopic (exact) mass is 410 g/mol.